The molecular formula is C23H30ClN5O3. The molecule has 8 nitrogen and oxygen atoms in total. The summed E-state index contributed by atoms with van der Waals surface area (Å²) in [6.45, 7) is 3.89. The highest BCUT2D eigenvalue weighted by Gasteiger charge is 2.27. The van der Waals surface area contributed by atoms with Gasteiger partial charge in [-0.3, -0.25) is 4.79 Å². The molecule has 172 valence electrons. The molecule has 2 aromatic rings. The van der Waals surface area contributed by atoms with Crippen LogP contribution >= 0.6 is 11.6 Å². The highest BCUT2D eigenvalue weighted by atomic mass is 35.5. The molecule has 1 amide bonds. The van der Waals surface area contributed by atoms with E-state index in [1.54, 1.807) is 19.4 Å². The van der Waals surface area contributed by atoms with E-state index >= 15 is 0 Å². The first kappa shape index (κ1) is 22.9. The number of nitrogens with one attached hydrogen (secondary N) is 3. The Balaban J connectivity index is 1.43. The molecule has 4 heterocycles. The lowest BCUT2D eigenvalue weighted by Gasteiger charge is -2.28. The van der Waals surface area contributed by atoms with E-state index in [2.05, 4.69) is 20.9 Å². The number of halogens is 1. The summed E-state index contributed by atoms with van der Waals surface area (Å²) in [5.41, 5.74) is 1.45. The molecule has 0 saturated carbocycles. The fraction of sp³-hybridized carbons (Fsp3) is 0.522. The number of carbonyl (C=O) groups excluding carboxylic acids is 1. The van der Waals surface area contributed by atoms with Crippen LogP contribution in [-0.4, -0.2) is 61.9 Å². The summed E-state index contributed by atoms with van der Waals surface area (Å²) in [5, 5.41) is 10.1. The van der Waals surface area contributed by atoms with Crippen molar-refractivity contribution in [2.75, 3.05) is 50.6 Å². The Morgan fingerprint density at radius 1 is 1.28 bits per heavy atom. The van der Waals surface area contributed by atoms with Crippen molar-refractivity contribution in [3.63, 3.8) is 0 Å². The van der Waals surface area contributed by atoms with Crippen molar-refractivity contribution in [1.82, 2.24) is 15.3 Å². The first-order chi connectivity index (χ1) is 15.6. The zero-order chi connectivity index (χ0) is 22.3. The molecule has 2 saturated heterocycles. The molecule has 2 aromatic heterocycles. The van der Waals surface area contributed by atoms with Gasteiger partial charge in [-0.05, 0) is 43.4 Å². The fourth-order valence-electron chi connectivity index (χ4n) is 4.10. The van der Waals surface area contributed by atoms with Gasteiger partial charge in [0.2, 0.25) is 5.91 Å². The van der Waals surface area contributed by atoms with Crippen LogP contribution in [0.3, 0.4) is 0 Å². The van der Waals surface area contributed by atoms with Crippen molar-refractivity contribution < 1.29 is 14.3 Å². The van der Waals surface area contributed by atoms with Crippen LogP contribution < -0.4 is 16.0 Å². The second-order valence-electron chi connectivity index (χ2n) is 8.33. The predicted molar refractivity (Wildman–Crippen MR) is 125 cm³/mol. The van der Waals surface area contributed by atoms with Gasteiger partial charge >= 0.3 is 0 Å². The van der Waals surface area contributed by atoms with Crippen LogP contribution in [0, 0.1) is 11.8 Å². The lowest BCUT2D eigenvalue weighted by atomic mass is 9.96. The molecule has 2 aliphatic rings. The number of rotatable bonds is 7. The first-order valence-corrected chi connectivity index (χ1v) is 11.5. The Labute approximate surface area is 193 Å². The molecule has 0 aromatic carbocycles. The molecule has 0 spiro atoms. The third kappa shape index (κ3) is 5.95. The van der Waals surface area contributed by atoms with Gasteiger partial charge < -0.3 is 25.4 Å². The average Bonchev–Trinajstić information content (AvgIpc) is 2.84. The number of ether oxygens (including phenoxy) is 2. The molecule has 2 unspecified atom stereocenters. The zero-order valence-electron chi connectivity index (χ0n) is 18.3. The van der Waals surface area contributed by atoms with Crippen molar-refractivity contribution in [2.45, 2.75) is 25.4 Å². The van der Waals surface area contributed by atoms with E-state index < -0.39 is 0 Å². The SMILES string of the molecule is COC1CNCC(C(=O)Nc2cc(-c3cccc(NCC4CCOCC4)n3)c(Cl)cn2)C1. The Morgan fingerprint density at radius 2 is 2.12 bits per heavy atom. The van der Waals surface area contributed by atoms with Gasteiger partial charge in [-0.1, -0.05) is 17.7 Å². The van der Waals surface area contributed by atoms with Crippen LogP contribution in [0.15, 0.2) is 30.5 Å². The monoisotopic (exact) mass is 459 g/mol. The fourth-order valence-corrected chi connectivity index (χ4v) is 4.30. The number of anilines is 2. The number of aromatic nitrogens is 2. The highest BCUT2D eigenvalue weighted by Crippen LogP contribution is 2.29. The summed E-state index contributed by atoms with van der Waals surface area (Å²) >= 11 is 6.43. The molecule has 0 aliphatic carbocycles. The topological polar surface area (TPSA) is 97.4 Å². The van der Waals surface area contributed by atoms with Gasteiger partial charge in [0.05, 0.1) is 22.7 Å². The molecular weight excluding hydrogens is 430 g/mol. The summed E-state index contributed by atoms with van der Waals surface area (Å²) in [5.74, 6) is 1.58. The van der Waals surface area contributed by atoms with Gasteiger partial charge in [-0.25, -0.2) is 9.97 Å². The minimum Gasteiger partial charge on any atom is -0.381 e. The van der Waals surface area contributed by atoms with E-state index in [0.29, 0.717) is 29.7 Å². The Bertz CT molecular complexity index is 922. The Morgan fingerprint density at radius 3 is 2.94 bits per heavy atom. The maximum atomic E-state index is 12.7. The van der Waals surface area contributed by atoms with Crippen LogP contribution in [0.2, 0.25) is 5.02 Å². The van der Waals surface area contributed by atoms with Gasteiger partial charge in [0.25, 0.3) is 0 Å². The second kappa shape index (κ2) is 11.0. The molecule has 0 radical (unpaired) electrons. The number of nitrogens with zero attached hydrogens (tertiary/aromatic N) is 2. The van der Waals surface area contributed by atoms with E-state index in [0.717, 1.165) is 56.2 Å². The van der Waals surface area contributed by atoms with E-state index in [1.165, 1.54) is 0 Å². The lowest BCUT2D eigenvalue weighted by molar-refractivity contribution is -0.121. The van der Waals surface area contributed by atoms with Crippen LogP contribution in [0.25, 0.3) is 11.3 Å². The average molecular weight is 460 g/mol. The molecule has 2 aliphatic heterocycles. The van der Waals surface area contributed by atoms with E-state index in [9.17, 15) is 4.79 Å². The van der Waals surface area contributed by atoms with Crippen LogP contribution in [0.5, 0.6) is 0 Å². The van der Waals surface area contributed by atoms with Crippen molar-refractivity contribution >= 4 is 29.1 Å². The zero-order valence-corrected chi connectivity index (χ0v) is 19.0. The van der Waals surface area contributed by atoms with Crippen LogP contribution in [0.1, 0.15) is 19.3 Å². The number of piperidine rings is 1. The van der Waals surface area contributed by atoms with Gasteiger partial charge in [0, 0.05) is 51.7 Å². The molecule has 0 bridgehead atoms. The minimum absolute atomic E-state index is 0.0359. The van der Waals surface area contributed by atoms with Crippen LogP contribution in [-0.2, 0) is 14.3 Å². The Hall–Kier alpha value is -2.26. The molecule has 3 N–H and O–H groups in total. The third-order valence-corrected chi connectivity index (χ3v) is 6.36. The number of amides is 1. The van der Waals surface area contributed by atoms with Crippen molar-refractivity contribution in [1.29, 1.82) is 0 Å². The lowest BCUT2D eigenvalue weighted by Crippen LogP contribution is -2.44. The van der Waals surface area contributed by atoms with Gasteiger partial charge in [-0.15, -0.1) is 0 Å². The van der Waals surface area contributed by atoms with E-state index in [-0.39, 0.29) is 17.9 Å². The number of hydrogen-bond acceptors (Lipinski definition) is 7. The maximum Gasteiger partial charge on any atom is 0.230 e. The van der Waals surface area contributed by atoms with Crippen molar-refractivity contribution in [3.05, 3.63) is 35.5 Å². The number of carbonyl (C=O) groups is 1. The minimum atomic E-state index is -0.175. The van der Waals surface area contributed by atoms with Gasteiger partial charge in [0.1, 0.15) is 11.6 Å². The van der Waals surface area contributed by atoms with Crippen LogP contribution in [0.4, 0.5) is 11.6 Å². The van der Waals surface area contributed by atoms with E-state index in [1.807, 2.05) is 18.2 Å². The number of methoxy groups -OCH3 is 1. The molecule has 4 rings (SSSR count). The number of pyridine rings is 2. The molecule has 9 heteroatoms. The maximum absolute atomic E-state index is 12.7. The summed E-state index contributed by atoms with van der Waals surface area (Å²) in [6, 6.07) is 7.57. The van der Waals surface area contributed by atoms with Crippen molar-refractivity contribution in [3.8, 4) is 11.3 Å². The predicted octanol–water partition coefficient (Wildman–Crippen LogP) is 3.20. The highest BCUT2D eigenvalue weighted by molar-refractivity contribution is 6.33. The largest absolute Gasteiger partial charge is 0.381 e. The Kier molecular flexibility index (Phi) is 7.91. The van der Waals surface area contributed by atoms with Gasteiger partial charge in [0.15, 0.2) is 0 Å². The quantitative estimate of drug-likeness (QED) is 0.584. The van der Waals surface area contributed by atoms with E-state index in [4.69, 9.17) is 26.1 Å². The second-order valence-corrected chi connectivity index (χ2v) is 8.74. The molecule has 2 fully saturated rings. The normalized spacial score (nSPS) is 21.8. The van der Waals surface area contributed by atoms with Crippen molar-refractivity contribution in [2.24, 2.45) is 11.8 Å². The number of hydrogen-bond donors (Lipinski definition) is 3. The smallest absolute Gasteiger partial charge is 0.230 e. The first-order valence-electron chi connectivity index (χ1n) is 11.1. The standard InChI is InChI=1S/C23H30ClN5O3/c1-31-17-9-16(12-25-13-17)23(30)29-22-10-18(19(24)14-27-22)20-3-2-4-21(28-20)26-11-15-5-7-32-8-6-15/h2-4,10,14-17,25H,5-9,11-13H2,1H3,(H,26,28)(H,27,29,30). The summed E-state index contributed by atoms with van der Waals surface area (Å²) in [4.78, 5) is 21.8. The summed E-state index contributed by atoms with van der Waals surface area (Å²) in [7, 11) is 1.67. The molecule has 32 heavy (non-hydrogen) atoms. The summed E-state index contributed by atoms with van der Waals surface area (Å²) < 4.78 is 10.8. The molecule has 2 atom stereocenters. The third-order valence-electron chi connectivity index (χ3n) is 6.06. The van der Waals surface area contributed by atoms with Gasteiger partial charge in [-0.2, -0.15) is 0 Å². The summed E-state index contributed by atoms with van der Waals surface area (Å²) in [6.07, 6.45) is 4.39.